The molecule has 0 spiro atoms. The van der Waals surface area contributed by atoms with Crippen molar-refractivity contribution in [1.29, 1.82) is 5.26 Å². The average Bonchev–Trinajstić information content (AvgIpc) is 3.34. The third-order valence-electron chi connectivity index (χ3n) is 5.46. The van der Waals surface area contributed by atoms with E-state index in [1.807, 2.05) is 6.07 Å². The zero-order chi connectivity index (χ0) is 23.2. The maximum atomic E-state index is 13.2. The second kappa shape index (κ2) is 8.24. The van der Waals surface area contributed by atoms with Gasteiger partial charge in [0.15, 0.2) is 9.84 Å². The normalized spacial score (nSPS) is 22.0. The van der Waals surface area contributed by atoms with E-state index in [2.05, 4.69) is 0 Å². The summed E-state index contributed by atoms with van der Waals surface area (Å²) in [6.45, 7) is 1.51. The number of furan rings is 1. The summed E-state index contributed by atoms with van der Waals surface area (Å²) in [5, 5.41) is 10.3. The van der Waals surface area contributed by atoms with E-state index in [9.17, 15) is 23.3 Å². The molecule has 0 aliphatic carbocycles. The van der Waals surface area contributed by atoms with Crippen LogP contribution in [0.3, 0.4) is 0 Å². The Morgan fingerprint density at radius 1 is 1.16 bits per heavy atom. The van der Waals surface area contributed by atoms with Crippen molar-refractivity contribution in [1.82, 2.24) is 4.90 Å². The average molecular weight is 491 g/mol. The molecular formula is C22H16Cl2N2O5S. The molecule has 1 saturated heterocycles. The molecule has 3 heterocycles. The van der Waals surface area contributed by atoms with Gasteiger partial charge in [-0.3, -0.25) is 14.5 Å². The highest BCUT2D eigenvalue weighted by Gasteiger charge is 2.43. The highest BCUT2D eigenvalue weighted by atomic mass is 35.5. The lowest BCUT2D eigenvalue weighted by Gasteiger charge is -2.31. The molecule has 4 rings (SSSR count). The fraction of sp³-hybridized carbons (Fsp3) is 0.227. The molecule has 0 radical (unpaired) electrons. The fourth-order valence-electron chi connectivity index (χ4n) is 3.79. The minimum Gasteiger partial charge on any atom is -0.457 e. The number of amides is 2. The molecule has 1 atom stereocenters. The van der Waals surface area contributed by atoms with E-state index in [4.69, 9.17) is 27.6 Å². The molecule has 1 aromatic heterocycles. The predicted octanol–water partition coefficient (Wildman–Crippen LogP) is 4.03. The second-order valence-corrected chi connectivity index (χ2v) is 10.6. The van der Waals surface area contributed by atoms with Gasteiger partial charge < -0.3 is 4.42 Å². The molecule has 0 N–H and O–H groups in total. The van der Waals surface area contributed by atoms with Gasteiger partial charge in [-0.1, -0.05) is 23.2 Å². The van der Waals surface area contributed by atoms with E-state index < -0.39 is 27.7 Å². The maximum absolute atomic E-state index is 13.2. The largest absolute Gasteiger partial charge is 0.457 e. The molecule has 0 bridgehead atoms. The molecule has 0 unspecified atom stereocenters. The number of halogens is 2. The van der Waals surface area contributed by atoms with Crippen molar-refractivity contribution in [3.63, 3.8) is 0 Å². The van der Waals surface area contributed by atoms with Gasteiger partial charge in [-0.05, 0) is 55.3 Å². The van der Waals surface area contributed by atoms with E-state index in [1.54, 1.807) is 30.3 Å². The summed E-state index contributed by atoms with van der Waals surface area (Å²) < 4.78 is 29.6. The molecule has 1 aromatic carbocycles. The summed E-state index contributed by atoms with van der Waals surface area (Å²) in [6.07, 6.45) is 1.59. The molecule has 164 valence electrons. The summed E-state index contributed by atoms with van der Waals surface area (Å²) >= 11 is 12.0. The number of sulfone groups is 1. The maximum Gasteiger partial charge on any atom is 0.271 e. The summed E-state index contributed by atoms with van der Waals surface area (Å²) in [5.41, 5.74) is 0.793. The number of hydrogen-bond acceptors (Lipinski definition) is 6. The summed E-state index contributed by atoms with van der Waals surface area (Å²) in [4.78, 5) is 26.9. The Morgan fingerprint density at radius 3 is 2.53 bits per heavy atom. The minimum atomic E-state index is -3.34. The van der Waals surface area contributed by atoms with E-state index >= 15 is 0 Å². The topological polar surface area (TPSA) is 108 Å². The number of nitrogens with zero attached hydrogens (tertiary/aromatic N) is 2. The van der Waals surface area contributed by atoms with Crippen molar-refractivity contribution in [2.45, 2.75) is 19.4 Å². The van der Waals surface area contributed by atoms with Crippen LogP contribution in [0.1, 0.15) is 19.1 Å². The number of benzene rings is 1. The molecule has 7 nitrogen and oxygen atoms in total. The van der Waals surface area contributed by atoms with Crippen LogP contribution in [0.4, 0.5) is 0 Å². The van der Waals surface area contributed by atoms with Crippen molar-refractivity contribution >= 4 is 50.9 Å². The first-order valence-electron chi connectivity index (χ1n) is 9.58. The van der Waals surface area contributed by atoms with Crippen LogP contribution in [0, 0.1) is 11.3 Å². The SMILES string of the molecule is CC1=C(C#N)C(=O)N([C@H]2CCS(=O)(=O)C2)C(=O)/C1=C\c1ccc(-c2ccc(Cl)c(Cl)c2)o1. The van der Waals surface area contributed by atoms with Crippen molar-refractivity contribution < 1.29 is 22.4 Å². The Bertz CT molecular complexity index is 1360. The smallest absolute Gasteiger partial charge is 0.271 e. The molecule has 2 aliphatic heterocycles. The number of rotatable bonds is 3. The van der Waals surface area contributed by atoms with Crippen LogP contribution < -0.4 is 0 Å². The number of carbonyl (C=O) groups excluding carboxylic acids is 2. The first kappa shape index (κ1) is 22.3. The Kier molecular flexibility index (Phi) is 5.76. The van der Waals surface area contributed by atoms with E-state index in [1.165, 1.54) is 13.0 Å². The second-order valence-electron chi connectivity index (χ2n) is 7.54. The van der Waals surface area contributed by atoms with Crippen LogP contribution in [0.5, 0.6) is 0 Å². The van der Waals surface area contributed by atoms with Gasteiger partial charge in [-0.25, -0.2) is 8.42 Å². The van der Waals surface area contributed by atoms with Crippen LogP contribution in [-0.2, 0) is 19.4 Å². The van der Waals surface area contributed by atoms with Gasteiger partial charge in [0.2, 0.25) is 0 Å². The van der Waals surface area contributed by atoms with Crippen molar-refractivity contribution in [2.24, 2.45) is 0 Å². The Hall–Kier alpha value is -2.86. The lowest BCUT2D eigenvalue weighted by atomic mass is 9.93. The molecular weight excluding hydrogens is 475 g/mol. The van der Waals surface area contributed by atoms with Gasteiger partial charge in [0.05, 0.1) is 27.6 Å². The molecule has 2 aromatic rings. The molecule has 2 aliphatic rings. The van der Waals surface area contributed by atoms with E-state index in [0.29, 0.717) is 27.1 Å². The fourth-order valence-corrected chi connectivity index (χ4v) is 5.79. The first-order chi connectivity index (χ1) is 15.1. The van der Waals surface area contributed by atoms with Gasteiger partial charge in [-0.15, -0.1) is 0 Å². The van der Waals surface area contributed by atoms with E-state index in [0.717, 1.165) is 4.90 Å². The molecule has 1 fully saturated rings. The van der Waals surface area contributed by atoms with Crippen molar-refractivity contribution in [3.05, 3.63) is 62.9 Å². The van der Waals surface area contributed by atoms with Crippen LogP contribution in [0.25, 0.3) is 17.4 Å². The van der Waals surface area contributed by atoms with Gasteiger partial charge >= 0.3 is 0 Å². The molecule has 0 saturated carbocycles. The van der Waals surface area contributed by atoms with Crippen LogP contribution in [0.2, 0.25) is 10.0 Å². The van der Waals surface area contributed by atoms with Crippen molar-refractivity contribution in [3.8, 4) is 17.4 Å². The van der Waals surface area contributed by atoms with Crippen LogP contribution in [0.15, 0.2) is 51.5 Å². The highest BCUT2D eigenvalue weighted by molar-refractivity contribution is 7.91. The van der Waals surface area contributed by atoms with Gasteiger partial charge in [0, 0.05) is 11.1 Å². The molecule has 32 heavy (non-hydrogen) atoms. The zero-order valence-corrected chi connectivity index (χ0v) is 19.1. The van der Waals surface area contributed by atoms with E-state index in [-0.39, 0.29) is 34.6 Å². The molecule has 10 heteroatoms. The lowest BCUT2D eigenvalue weighted by Crippen LogP contribution is -2.49. The summed E-state index contributed by atoms with van der Waals surface area (Å²) in [5.74, 6) is -1.04. The number of imide groups is 1. The number of nitriles is 1. The Balaban J connectivity index is 1.73. The van der Waals surface area contributed by atoms with Crippen LogP contribution in [-0.4, -0.2) is 42.7 Å². The van der Waals surface area contributed by atoms with Gasteiger partial charge in [-0.2, -0.15) is 5.26 Å². The Labute approximate surface area is 194 Å². The lowest BCUT2D eigenvalue weighted by molar-refractivity contribution is -0.142. The predicted molar refractivity (Wildman–Crippen MR) is 119 cm³/mol. The number of hydrogen-bond donors (Lipinski definition) is 0. The first-order valence-corrected chi connectivity index (χ1v) is 12.2. The van der Waals surface area contributed by atoms with Gasteiger partial charge in [0.25, 0.3) is 11.8 Å². The third kappa shape index (κ3) is 3.99. The van der Waals surface area contributed by atoms with Crippen molar-refractivity contribution in [2.75, 3.05) is 11.5 Å². The van der Waals surface area contributed by atoms with Gasteiger partial charge in [0.1, 0.15) is 23.2 Å². The third-order valence-corrected chi connectivity index (χ3v) is 7.95. The highest BCUT2D eigenvalue weighted by Crippen LogP contribution is 2.33. The zero-order valence-electron chi connectivity index (χ0n) is 16.8. The number of carbonyl (C=O) groups is 2. The Morgan fingerprint density at radius 2 is 1.91 bits per heavy atom. The summed E-state index contributed by atoms with van der Waals surface area (Å²) in [6, 6.07) is 9.38. The standard InChI is InChI=1S/C22H16Cl2N2O5S/c1-12-16(9-15-3-5-20(31-15)13-2-4-18(23)19(24)8-13)21(27)26(22(28)17(12)10-25)14-6-7-32(29,30)11-14/h2-5,8-9,14H,6-7,11H2,1H3/b16-9-/t14-/m0/s1. The molecule has 2 amide bonds. The quantitative estimate of drug-likeness (QED) is 0.474. The monoisotopic (exact) mass is 490 g/mol. The van der Waals surface area contributed by atoms with Crippen LogP contribution >= 0.6 is 23.2 Å². The summed E-state index contributed by atoms with van der Waals surface area (Å²) in [7, 11) is -3.34. The minimum absolute atomic E-state index is 0.0977.